The van der Waals surface area contributed by atoms with E-state index in [2.05, 4.69) is 5.10 Å². The number of sulfonamides is 1. The maximum absolute atomic E-state index is 11.9. The molecule has 0 saturated heterocycles. The Morgan fingerprint density at radius 1 is 1.56 bits per heavy atom. The topological polar surface area (TPSA) is 101 Å². The van der Waals surface area contributed by atoms with Gasteiger partial charge in [0.1, 0.15) is 4.90 Å². The average Bonchev–Trinajstić information content (AvgIpc) is 2.73. The summed E-state index contributed by atoms with van der Waals surface area (Å²) in [4.78, 5) is 10.0. The molecule has 18 heavy (non-hydrogen) atoms. The molecule has 102 valence electrons. The van der Waals surface area contributed by atoms with Crippen LogP contribution in [-0.4, -0.2) is 42.2 Å². The van der Waals surface area contributed by atoms with Crippen LogP contribution < -0.4 is 4.72 Å². The molecule has 0 aliphatic rings. The molecule has 1 aromatic heterocycles. The number of carboxylic acids is 1. The van der Waals surface area contributed by atoms with Crippen LogP contribution in [0.1, 0.15) is 6.42 Å². The van der Waals surface area contributed by atoms with E-state index in [4.69, 9.17) is 5.11 Å². The van der Waals surface area contributed by atoms with Crippen LogP contribution >= 0.6 is 0 Å². The summed E-state index contributed by atoms with van der Waals surface area (Å²) in [7, 11) is -4.03. The van der Waals surface area contributed by atoms with Crippen LogP contribution in [0.15, 0.2) is 17.3 Å². The van der Waals surface area contributed by atoms with E-state index in [1.54, 1.807) is 4.72 Å². The number of carbonyl (C=O) groups is 1. The van der Waals surface area contributed by atoms with E-state index >= 15 is 0 Å². The smallest absolute Gasteiger partial charge is 0.305 e. The molecule has 2 N–H and O–H groups in total. The van der Waals surface area contributed by atoms with E-state index in [1.165, 1.54) is 0 Å². The van der Waals surface area contributed by atoms with Crippen molar-refractivity contribution >= 4 is 16.0 Å². The van der Waals surface area contributed by atoms with E-state index in [0.717, 1.165) is 17.1 Å². The summed E-state index contributed by atoms with van der Waals surface area (Å²) in [6, 6.07) is 0. The Kier molecular flexibility index (Phi) is 4.73. The van der Waals surface area contributed by atoms with E-state index < -0.39 is 29.0 Å². The number of nitrogens with one attached hydrogen (secondary N) is 1. The fraction of sp³-hybridized carbons (Fsp3) is 0.500. The number of hydrogen-bond donors (Lipinski definition) is 2. The molecule has 1 rings (SSSR count). The number of aliphatic carboxylic acids is 1. The van der Waals surface area contributed by atoms with Crippen LogP contribution in [-0.2, 0) is 21.4 Å². The molecule has 0 amide bonds. The molecule has 0 aliphatic heterocycles. The van der Waals surface area contributed by atoms with Crippen molar-refractivity contribution in [3.05, 3.63) is 12.4 Å². The van der Waals surface area contributed by atoms with Crippen molar-refractivity contribution in [1.29, 1.82) is 0 Å². The molecule has 0 aliphatic carbocycles. The Balaban J connectivity index is 2.69. The standard InChI is InChI=1S/C8H11F2N3O4S/c9-7(10)4-12-18(16,17)6-3-11-13(5-6)2-1-8(14)15/h3,5,7,12H,1-2,4H2,(H,14,15). The van der Waals surface area contributed by atoms with Crippen molar-refractivity contribution in [2.24, 2.45) is 0 Å². The SMILES string of the molecule is O=C(O)CCn1cc(S(=O)(=O)NCC(F)F)cn1. The number of hydrogen-bond acceptors (Lipinski definition) is 4. The molecular weight excluding hydrogens is 272 g/mol. The molecule has 0 aromatic carbocycles. The van der Waals surface area contributed by atoms with Crippen molar-refractivity contribution < 1.29 is 27.1 Å². The van der Waals surface area contributed by atoms with Crippen LogP contribution in [0.4, 0.5) is 8.78 Å². The number of alkyl halides is 2. The summed E-state index contributed by atoms with van der Waals surface area (Å²) >= 11 is 0. The van der Waals surface area contributed by atoms with Gasteiger partial charge in [0.2, 0.25) is 10.0 Å². The summed E-state index contributed by atoms with van der Waals surface area (Å²) in [5, 5.41) is 12.1. The molecule has 1 aromatic rings. The zero-order chi connectivity index (χ0) is 13.8. The molecule has 0 bridgehead atoms. The van der Waals surface area contributed by atoms with Crippen molar-refractivity contribution in [2.45, 2.75) is 24.3 Å². The highest BCUT2D eigenvalue weighted by molar-refractivity contribution is 7.89. The van der Waals surface area contributed by atoms with Gasteiger partial charge in [-0.2, -0.15) is 5.10 Å². The first kappa shape index (κ1) is 14.5. The lowest BCUT2D eigenvalue weighted by atomic mass is 10.4. The van der Waals surface area contributed by atoms with Crippen LogP contribution in [0.5, 0.6) is 0 Å². The first-order chi connectivity index (χ1) is 8.31. The molecule has 0 atom stereocenters. The van der Waals surface area contributed by atoms with Crippen LogP contribution in [0, 0.1) is 0 Å². The van der Waals surface area contributed by atoms with Gasteiger partial charge in [-0.05, 0) is 0 Å². The van der Waals surface area contributed by atoms with Crippen LogP contribution in [0.2, 0.25) is 0 Å². The maximum Gasteiger partial charge on any atom is 0.305 e. The number of halogens is 2. The van der Waals surface area contributed by atoms with Crippen LogP contribution in [0.25, 0.3) is 0 Å². The molecule has 7 nitrogen and oxygen atoms in total. The Morgan fingerprint density at radius 2 is 2.22 bits per heavy atom. The third-order valence-electron chi connectivity index (χ3n) is 1.90. The van der Waals surface area contributed by atoms with Crippen LogP contribution in [0.3, 0.4) is 0 Å². The Morgan fingerprint density at radius 3 is 2.78 bits per heavy atom. The normalized spacial score (nSPS) is 11.9. The highest BCUT2D eigenvalue weighted by atomic mass is 32.2. The third-order valence-corrected chi connectivity index (χ3v) is 3.28. The minimum absolute atomic E-state index is 0.000297. The predicted molar refractivity (Wildman–Crippen MR) is 55.7 cm³/mol. The summed E-state index contributed by atoms with van der Waals surface area (Å²) in [5.41, 5.74) is 0. The predicted octanol–water partition coefficient (Wildman–Crippen LogP) is -0.0988. The van der Waals surface area contributed by atoms with E-state index in [0.29, 0.717) is 0 Å². The lowest BCUT2D eigenvalue weighted by Crippen LogP contribution is -2.28. The third kappa shape index (κ3) is 4.37. The fourth-order valence-electron chi connectivity index (χ4n) is 1.07. The second kappa shape index (κ2) is 5.87. The lowest BCUT2D eigenvalue weighted by molar-refractivity contribution is -0.137. The highest BCUT2D eigenvalue weighted by Crippen LogP contribution is 2.07. The zero-order valence-corrected chi connectivity index (χ0v) is 9.90. The van der Waals surface area contributed by atoms with Gasteiger partial charge in [-0.3, -0.25) is 9.48 Å². The number of aromatic nitrogens is 2. The van der Waals surface area contributed by atoms with Gasteiger partial charge in [0.15, 0.2) is 0 Å². The summed E-state index contributed by atoms with van der Waals surface area (Å²) < 4.78 is 49.5. The largest absolute Gasteiger partial charge is 0.481 e. The van der Waals surface area contributed by atoms with Gasteiger partial charge in [-0.15, -0.1) is 0 Å². The fourth-order valence-corrected chi connectivity index (χ4v) is 2.03. The molecule has 0 spiro atoms. The Hall–Kier alpha value is -1.55. The van der Waals surface area contributed by atoms with Gasteiger partial charge in [-0.1, -0.05) is 0 Å². The van der Waals surface area contributed by atoms with Crippen molar-refractivity contribution in [1.82, 2.24) is 14.5 Å². The highest BCUT2D eigenvalue weighted by Gasteiger charge is 2.18. The maximum atomic E-state index is 11.9. The summed E-state index contributed by atoms with van der Waals surface area (Å²) in [5.74, 6) is -1.05. The number of aryl methyl sites for hydroxylation is 1. The molecular formula is C8H11F2N3O4S. The molecule has 0 fully saturated rings. The zero-order valence-electron chi connectivity index (χ0n) is 9.08. The van der Waals surface area contributed by atoms with Gasteiger partial charge in [0, 0.05) is 6.20 Å². The number of carboxylic acid groups (broad SMARTS) is 1. The number of nitrogens with zero attached hydrogens (tertiary/aromatic N) is 2. The first-order valence-corrected chi connectivity index (χ1v) is 6.31. The summed E-state index contributed by atoms with van der Waals surface area (Å²) in [6.07, 6.45) is -0.959. The van der Waals surface area contributed by atoms with Gasteiger partial charge >= 0.3 is 5.97 Å². The first-order valence-electron chi connectivity index (χ1n) is 4.83. The van der Waals surface area contributed by atoms with E-state index in [9.17, 15) is 22.0 Å². The second-order valence-electron chi connectivity index (χ2n) is 3.33. The van der Waals surface area contributed by atoms with Crippen molar-refractivity contribution in [3.8, 4) is 0 Å². The molecule has 1 heterocycles. The minimum Gasteiger partial charge on any atom is -0.481 e. The average molecular weight is 283 g/mol. The Bertz CT molecular complexity index is 514. The van der Waals surface area contributed by atoms with Crippen molar-refractivity contribution in [2.75, 3.05) is 6.54 Å². The van der Waals surface area contributed by atoms with E-state index in [-0.39, 0.29) is 17.9 Å². The van der Waals surface area contributed by atoms with Gasteiger partial charge in [0.05, 0.1) is 25.7 Å². The van der Waals surface area contributed by atoms with E-state index in [1.807, 2.05) is 0 Å². The molecule has 0 saturated carbocycles. The quantitative estimate of drug-likeness (QED) is 0.727. The van der Waals surface area contributed by atoms with Gasteiger partial charge in [0.25, 0.3) is 6.43 Å². The van der Waals surface area contributed by atoms with Gasteiger partial charge in [-0.25, -0.2) is 21.9 Å². The molecule has 0 radical (unpaired) electrons. The monoisotopic (exact) mass is 283 g/mol. The van der Waals surface area contributed by atoms with Crippen molar-refractivity contribution in [3.63, 3.8) is 0 Å². The molecule has 0 unspecified atom stereocenters. The lowest BCUT2D eigenvalue weighted by Gasteiger charge is -2.03. The Labute approximate surface area is 101 Å². The summed E-state index contributed by atoms with van der Waals surface area (Å²) in [6.45, 7) is -0.984. The second-order valence-corrected chi connectivity index (χ2v) is 5.09. The minimum atomic E-state index is -4.03. The van der Waals surface area contributed by atoms with Gasteiger partial charge < -0.3 is 5.11 Å². The number of rotatable bonds is 7. The molecule has 10 heteroatoms.